The van der Waals surface area contributed by atoms with Crippen molar-refractivity contribution in [1.82, 2.24) is 19.7 Å². The van der Waals surface area contributed by atoms with E-state index < -0.39 is 0 Å². The minimum atomic E-state index is -0.259. The standard InChI is InChI=1S/C20H29N5O/c1-14(2)12-19-22-20(16-8-10-24(11-9-16)13-18(21)26)25(23-19)17-7-5-4-6-15(17)3/h4-7,14,16H,8-13H2,1-3H3,(H2,21,26). The van der Waals surface area contributed by atoms with Crippen LogP contribution in [0.15, 0.2) is 24.3 Å². The third-order valence-corrected chi connectivity index (χ3v) is 4.94. The van der Waals surface area contributed by atoms with Crippen LogP contribution in [0.2, 0.25) is 0 Å². The highest BCUT2D eigenvalue weighted by molar-refractivity contribution is 5.75. The lowest BCUT2D eigenvalue weighted by molar-refractivity contribution is -0.119. The summed E-state index contributed by atoms with van der Waals surface area (Å²) in [6.45, 7) is 8.57. The van der Waals surface area contributed by atoms with Crippen molar-refractivity contribution in [2.75, 3.05) is 19.6 Å². The fraction of sp³-hybridized carbons (Fsp3) is 0.550. The van der Waals surface area contributed by atoms with E-state index in [4.69, 9.17) is 15.8 Å². The van der Waals surface area contributed by atoms with Crippen LogP contribution < -0.4 is 5.73 Å². The van der Waals surface area contributed by atoms with Gasteiger partial charge in [0.05, 0.1) is 12.2 Å². The van der Waals surface area contributed by atoms with E-state index in [0.717, 1.165) is 49.7 Å². The fourth-order valence-corrected chi connectivity index (χ4v) is 3.63. The highest BCUT2D eigenvalue weighted by Crippen LogP contribution is 2.29. The zero-order valence-electron chi connectivity index (χ0n) is 16.0. The van der Waals surface area contributed by atoms with E-state index >= 15 is 0 Å². The molecule has 1 amide bonds. The Labute approximate surface area is 155 Å². The number of aryl methyl sites for hydroxylation is 1. The average Bonchev–Trinajstić information content (AvgIpc) is 2.98. The minimum absolute atomic E-state index is 0.259. The van der Waals surface area contributed by atoms with Crippen LogP contribution in [0.5, 0.6) is 0 Å². The highest BCUT2D eigenvalue weighted by atomic mass is 16.1. The molecule has 0 atom stereocenters. The first kappa shape index (κ1) is 18.6. The summed E-state index contributed by atoms with van der Waals surface area (Å²) in [7, 11) is 0. The Hall–Kier alpha value is -2.21. The lowest BCUT2D eigenvalue weighted by atomic mass is 9.95. The number of rotatable bonds is 6. The van der Waals surface area contributed by atoms with E-state index in [-0.39, 0.29) is 5.91 Å². The fourth-order valence-electron chi connectivity index (χ4n) is 3.63. The van der Waals surface area contributed by atoms with Gasteiger partial charge in [0.25, 0.3) is 0 Å². The first-order valence-corrected chi connectivity index (χ1v) is 9.46. The summed E-state index contributed by atoms with van der Waals surface area (Å²) in [5.74, 6) is 2.58. The predicted octanol–water partition coefficient (Wildman–Crippen LogP) is 2.44. The van der Waals surface area contributed by atoms with Crippen LogP contribution in [0.4, 0.5) is 0 Å². The number of para-hydroxylation sites is 1. The molecule has 2 heterocycles. The summed E-state index contributed by atoms with van der Waals surface area (Å²) in [4.78, 5) is 18.2. The van der Waals surface area contributed by atoms with Crippen molar-refractivity contribution in [1.29, 1.82) is 0 Å². The first-order chi connectivity index (χ1) is 12.4. The number of primary amides is 1. The number of carbonyl (C=O) groups is 1. The molecule has 0 unspecified atom stereocenters. The van der Waals surface area contributed by atoms with E-state index in [1.165, 1.54) is 5.56 Å². The molecule has 1 aliphatic rings. The number of nitrogens with two attached hydrogens (primary N) is 1. The van der Waals surface area contributed by atoms with Crippen LogP contribution in [0.25, 0.3) is 5.69 Å². The van der Waals surface area contributed by atoms with Gasteiger partial charge < -0.3 is 5.73 Å². The van der Waals surface area contributed by atoms with Crippen LogP contribution in [-0.2, 0) is 11.2 Å². The molecule has 2 N–H and O–H groups in total. The monoisotopic (exact) mass is 355 g/mol. The maximum atomic E-state index is 11.2. The van der Waals surface area contributed by atoms with Crippen molar-refractivity contribution >= 4 is 5.91 Å². The van der Waals surface area contributed by atoms with Gasteiger partial charge in [0, 0.05) is 12.3 Å². The van der Waals surface area contributed by atoms with Crippen molar-refractivity contribution in [3.05, 3.63) is 41.5 Å². The molecular weight excluding hydrogens is 326 g/mol. The van der Waals surface area contributed by atoms with Gasteiger partial charge in [0.1, 0.15) is 5.82 Å². The van der Waals surface area contributed by atoms with Crippen molar-refractivity contribution in [3.8, 4) is 5.69 Å². The van der Waals surface area contributed by atoms with Gasteiger partial charge in [-0.3, -0.25) is 9.69 Å². The Morgan fingerprint density at radius 3 is 2.58 bits per heavy atom. The molecule has 6 heteroatoms. The van der Waals surface area contributed by atoms with Gasteiger partial charge in [-0.05, 0) is 50.4 Å². The number of likely N-dealkylation sites (tertiary alicyclic amines) is 1. The zero-order chi connectivity index (χ0) is 18.7. The van der Waals surface area contributed by atoms with Crippen molar-refractivity contribution < 1.29 is 4.79 Å². The largest absolute Gasteiger partial charge is 0.369 e. The van der Waals surface area contributed by atoms with Crippen LogP contribution >= 0.6 is 0 Å². The summed E-state index contributed by atoms with van der Waals surface area (Å²) in [5.41, 5.74) is 7.63. The maximum Gasteiger partial charge on any atom is 0.231 e. The third kappa shape index (κ3) is 4.30. The van der Waals surface area contributed by atoms with Crippen molar-refractivity contribution in [3.63, 3.8) is 0 Å². The number of piperidine rings is 1. The van der Waals surface area contributed by atoms with Crippen LogP contribution in [0.3, 0.4) is 0 Å². The Bertz CT molecular complexity index is 759. The molecule has 26 heavy (non-hydrogen) atoms. The second-order valence-electron chi connectivity index (χ2n) is 7.70. The first-order valence-electron chi connectivity index (χ1n) is 9.46. The summed E-state index contributed by atoms with van der Waals surface area (Å²) in [6.07, 6.45) is 2.82. The molecule has 0 bridgehead atoms. The van der Waals surface area contributed by atoms with E-state index in [1.807, 2.05) is 16.8 Å². The lowest BCUT2D eigenvalue weighted by Gasteiger charge is -2.30. The van der Waals surface area contributed by atoms with E-state index in [1.54, 1.807) is 0 Å². The van der Waals surface area contributed by atoms with Gasteiger partial charge in [0.2, 0.25) is 5.91 Å². The summed E-state index contributed by atoms with van der Waals surface area (Å²) in [6, 6.07) is 8.31. The zero-order valence-corrected chi connectivity index (χ0v) is 16.0. The molecule has 0 radical (unpaired) electrons. The summed E-state index contributed by atoms with van der Waals surface area (Å²) in [5, 5.41) is 4.84. The number of hydrogen-bond acceptors (Lipinski definition) is 4. The van der Waals surface area contributed by atoms with Crippen molar-refractivity contribution in [2.24, 2.45) is 11.7 Å². The number of amides is 1. The van der Waals surface area contributed by atoms with E-state index in [2.05, 4.69) is 37.8 Å². The van der Waals surface area contributed by atoms with Crippen LogP contribution in [0, 0.1) is 12.8 Å². The Kier molecular flexibility index (Phi) is 5.71. The highest BCUT2D eigenvalue weighted by Gasteiger charge is 2.27. The average molecular weight is 355 g/mol. The molecule has 6 nitrogen and oxygen atoms in total. The third-order valence-electron chi connectivity index (χ3n) is 4.94. The molecule has 1 saturated heterocycles. The van der Waals surface area contributed by atoms with Gasteiger partial charge in [-0.25, -0.2) is 9.67 Å². The Morgan fingerprint density at radius 1 is 1.27 bits per heavy atom. The molecule has 2 aromatic rings. The number of carbonyl (C=O) groups excluding carboxylic acids is 1. The van der Waals surface area contributed by atoms with Gasteiger partial charge in [-0.2, -0.15) is 5.10 Å². The van der Waals surface area contributed by atoms with Crippen LogP contribution in [-0.4, -0.2) is 45.2 Å². The molecule has 0 saturated carbocycles. The van der Waals surface area contributed by atoms with Gasteiger partial charge >= 0.3 is 0 Å². The second-order valence-corrected chi connectivity index (χ2v) is 7.70. The smallest absolute Gasteiger partial charge is 0.231 e. The molecule has 1 aromatic carbocycles. The molecular formula is C20H29N5O. The number of hydrogen-bond donors (Lipinski definition) is 1. The molecule has 3 rings (SSSR count). The van der Waals surface area contributed by atoms with Gasteiger partial charge in [-0.15, -0.1) is 0 Å². The quantitative estimate of drug-likeness (QED) is 0.863. The number of nitrogens with zero attached hydrogens (tertiary/aromatic N) is 4. The molecule has 1 fully saturated rings. The SMILES string of the molecule is Cc1ccccc1-n1nc(CC(C)C)nc1C1CCN(CC(N)=O)CC1. The lowest BCUT2D eigenvalue weighted by Crippen LogP contribution is -2.39. The van der Waals surface area contributed by atoms with Gasteiger partial charge in [-0.1, -0.05) is 32.0 Å². The molecule has 0 spiro atoms. The van der Waals surface area contributed by atoms with Crippen LogP contribution in [0.1, 0.15) is 49.8 Å². The van der Waals surface area contributed by atoms with E-state index in [9.17, 15) is 4.79 Å². The minimum Gasteiger partial charge on any atom is -0.369 e. The topological polar surface area (TPSA) is 77.0 Å². The summed E-state index contributed by atoms with van der Waals surface area (Å²) < 4.78 is 2.04. The summed E-state index contributed by atoms with van der Waals surface area (Å²) >= 11 is 0. The molecule has 140 valence electrons. The number of benzene rings is 1. The van der Waals surface area contributed by atoms with E-state index in [0.29, 0.717) is 18.4 Å². The van der Waals surface area contributed by atoms with Gasteiger partial charge in [0.15, 0.2) is 5.82 Å². The van der Waals surface area contributed by atoms with Crippen molar-refractivity contribution in [2.45, 2.75) is 46.0 Å². The normalized spacial score (nSPS) is 16.3. The molecule has 1 aliphatic heterocycles. The second kappa shape index (κ2) is 7.99. The Morgan fingerprint density at radius 2 is 1.96 bits per heavy atom. The number of aromatic nitrogens is 3. The predicted molar refractivity (Wildman–Crippen MR) is 102 cm³/mol. The maximum absolute atomic E-state index is 11.2. The Balaban J connectivity index is 1.87. The molecule has 0 aliphatic carbocycles. The molecule has 1 aromatic heterocycles.